The second-order valence-corrected chi connectivity index (χ2v) is 4.54. The number of carboxylic acids is 1. The number of carbonyl (C=O) groups is 1. The molecule has 104 valence electrons. The van der Waals surface area contributed by atoms with Crippen LogP contribution in [0.25, 0.3) is 0 Å². The monoisotopic (exact) mass is 266 g/mol. The number of rotatable bonds is 4. The smallest absolute Gasteiger partial charge is 0.320 e. The van der Waals surface area contributed by atoms with Crippen LogP contribution < -0.4 is 20.9 Å². The Kier molecular flexibility index (Phi) is 4.24. The lowest BCUT2D eigenvalue weighted by molar-refractivity contribution is -0.138. The minimum Gasteiger partial charge on any atom is -0.490 e. The first-order chi connectivity index (χ1) is 9.08. The van der Waals surface area contributed by atoms with Crippen LogP contribution >= 0.6 is 0 Å². The summed E-state index contributed by atoms with van der Waals surface area (Å²) in [5.74, 6) is 0.287. The van der Waals surface area contributed by atoms with Gasteiger partial charge in [-0.2, -0.15) is 0 Å². The Morgan fingerprint density at radius 3 is 2.63 bits per heavy atom. The molecule has 1 aromatic rings. The highest BCUT2D eigenvalue weighted by atomic mass is 16.5. The fourth-order valence-electron chi connectivity index (χ4n) is 1.92. The summed E-state index contributed by atoms with van der Waals surface area (Å²) in [7, 11) is 0. The number of fused-ring (bicyclic) bond motifs is 1. The summed E-state index contributed by atoms with van der Waals surface area (Å²) >= 11 is 0. The molecule has 6 heteroatoms. The predicted molar refractivity (Wildman–Crippen MR) is 69.2 cm³/mol. The van der Waals surface area contributed by atoms with Gasteiger partial charge in [-0.15, -0.1) is 0 Å². The number of ether oxygens (including phenoxy) is 2. The molecule has 1 aliphatic heterocycles. The van der Waals surface area contributed by atoms with Crippen molar-refractivity contribution in [3.63, 3.8) is 0 Å². The van der Waals surface area contributed by atoms with Gasteiger partial charge >= 0.3 is 5.97 Å². The van der Waals surface area contributed by atoms with Crippen molar-refractivity contribution in [2.24, 2.45) is 11.5 Å². The van der Waals surface area contributed by atoms with Gasteiger partial charge in [-0.3, -0.25) is 4.79 Å². The van der Waals surface area contributed by atoms with E-state index >= 15 is 0 Å². The van der Waals surface area contributed by atoms with E-state index in [2.05, 4.69) is 0 Å². The van der Waals surface area contributed by atoms with Gasteiger partial charge in [-0.05, 0) is 24.1 Å². The third-order valence-electron chi connectivity index (χ3n) is 3.02. The molecule has 0 aliphatic carbocycles. The van der Waals surface area contributed by atoms with Crippen LogP contribution in [0, 0.1) is 0 Å². The molecule has 0 radical (unpaired) electrons. The first-order valence-corrected chi connectivity index (χ1v) is 6.21. The molecule has 0 bridgehead atoms. The average Bonchev–Trinajstić information content (AvgIpc) is 2.62. The van der Waals surface area contributed by atoms with Crippen molar-refractivity contribution >= 4 is 5.97 Å². The molecule has 0 aromatic heterocycles. The molecular formula is C13H18N2O4. The highest BCUT2D eigenvalue weighted by molar-refractivity contribution is 5.73. The molecule has 1 aliphatic rings. The Morgan fingerprint density at radius 1 is 1.26 bits per heavy atom. The van der Waals surface area contributed by atoms with E-state index in [1.807, 2.05) is 6.07 Å². The van der Waals surface area contributed by atoms with Gasteiger partial charge in [-0.1, -0.05) is 6.07 Å². The normalized spacial score (nSPS) is 17.4. The van der Waals surface area contributed by atoms with Crippen LogP contribution in [0.1, 0.15) is 24.4 Å². The second kappa shape index (κ2) is 5.90. The molecule has 0 saturated carbocycles. The Labute approximate surface area is 111 Å². The molecule has 2 rings (SSSR count). The van der Waals surface area contributed by atoms with Gasteiger partial charge in [0.15, 0.2) is 11.5 Å². The summed E-state index contributed by atoms with van der Waals surface area (Å²) in [4.78, 5) is 10.7. The molecule has 0 saturated heterocycles. The highest BCUT2D eigenvalue weighted by Gasteiger charge is 2.19. The van der Waals surface area contributed by atoms with Crippen LogP contribution in [0.5, 0.6) is 11.5 Å². The van der Waals surface area contributed by atoms with Gasteiger partial charge in [0.05, 0.1) is 13.2 Å². The van der Waals surface area contributed by atoms with Crippen molar-refractivity contribution in [2.45, 2.75) is 24.9 Å². The van der Waals surface area contributed by atoms with Crippen LogP contribution in [-0.2, 0) is 4.79 Å². The van der Waals surface area contributed by atoms with Crippen molar-refractivity contribution in [3.8, 4) is 11.5 Å². The maximum atomic E-state index is 10.7. The van der Waals surface area contributed by atoms with Crippen LogP contribution in [0.15, 0.2) is 18.2 Å². The number of nitrogens with two attached hydrogens (primary N) is 2. The lowest BCUT2D eigenvalue weighted by Gasteiger charge is -2.16. The summed E-state index contributed by atoms with van der Waals surface area (Å²) in [5, 5.41) is 8.78. The zero-order chi connectivity index (χ0) is 13.8. The number of benzene rings is 1. The number of carboxylic acid groups (broad SMARTS) is 1. The Bertz CT molecular complexity index is 464. The van der Waals surface area contributed by atoms with Crippen molar-refractivity contribution in [1.29, 1.82) is 0 Å². The van der Waals surface area contributed by atoms with Crippen LogP contribution in [0.2, 0.25) is 0 Å². The highest BCUT2D eigenvalue weighted by Crippen LogP contribution is 2.32. The van der Waals surface area contributed by atoms with Crippen molar-refractivity contribution in [2.75, 3.05) is 13.2 Å². The van der Waals surface area contributed by atoms with Gasteiger partial charge < -0.3 is 26.0 Å². The van der Waals surface area contributed by atoms with Crippen LogP contribution in [0.3, 0.4) is 0 Å². The zero-order valence-electron chi connectivity index (χ0n) is 10.5. The zero-order valence-corrected chi connectivity index (χ0v) is 10.5. The maximum Gasteiger partial charge on any atom is 0.320 e. The van der Waals surface area contributed by atoms with Gasteiger partial charge in [0, 0.05) is 12.5 Å². The molecule has 2 atom stereocenters. The summed E-state index contributed by atoms with van der Waals surface area (Å²) in [5.41, 5.74) is 12.2. The van der Waals surface area contributed by atoms with Crippen molar-refractivity contribution in [1.82, 2.24) is 0 Å². The molecule has 0 fully saturated rings. The molecule has 0 spiro atoms. The molecular weight excluding hydrogens is 248 g/mol. The Morgan fingerprint density at radius 2 is 1.95 bits per heavy atom. The van der Waals surface area contributed by atoms with E-state index in [1.54, 1.807) is 12.1 Å². The average molecular weight is 266 g/mol. The SMILES string of the molecule is N[C@H](C[C@H](N)c1ccc2c(c1)OCCCO2)C(=O)O. The minimum absolute atomic E-state index is 0.176. The van der Waals surface area contributed by atoms with E-state index in [1.165, 1.54) is 0 Å². The van der Waals surface area contributed by atoms with E-state index in [0.29, 0.717) is 24.7 Å². The fourth-order valence-corrected chi connectivity index (χ4v) is 1.92. The van der Waals surface area contributed by atoms with E-state index in [-0.39, 0.29) is 6.42 Å². The number of hydrogen-bond donors (Lipinski definition) is 3. The maximum absolute atomic E-state index is 10.7. The van der Waals surface area contributed by atoms with Crippen LogP contribution in [0.4, 0.5) is 0 Å². The van der Waals surface area contributed by atoms with Crippen molar-refractivity contribution < 1.29 is 19.4 Å². The molecule has 5 N–H and O–H groups in total. The third kappa shape index (κ3) is 3.36. The van der Waals surface area contributed by atoms with Gasteiger partial charge in [-0.25, -0.2) is 0 Å². The minimum atomic E-state index is -1.05. The van der Waals surface area contributed by atoms with Crippen LogP contribution in [-0.4, -0.2) is 30.3 Å². The Balaban J connectivity index is 2.12. The van der Waals surface area contributed by atoms with E-state index < -0.39 is 18.1 Å². The Hall–Kier alpha value is -1.79. The topological polar surface area (TPSA) is 108 Å². The quantitative estimate of drug-likeness (QED) is 0.738. The number of hydrogen-bond acceptors (Lipinski definition) is 5. The molecule has 6 nitrogen and oxygen atoms in total. The van der Waals surface area contributed by atoms with Gasteiger partial charge in [0.25, 0.3) is 0 Å². The molecule has 19 heavy (non-hydrogen) atoms. The second-order valence-electron chi connectivity index (χ2n) is 4.54. The van der Waals surface area contributed by atoms with E-state index in [0.717, 1.165) is 12.0 Å². The first kappa shape index (κ1) is 13.6. The standard InChI is InChI=1S/C13H18N2O4/c14-9(7-10(15)13(16)17)8-2-3-11-12(6-8)19-5-1-4-18-11/h2-3,6,9-10H,1,4-5,7,14-15H2,(H,16,17)/t9-,10+/m0/s1. The lowest BCUT2D eigenvalue weighted by atomic mass is 10.00. The first-order valence-electron chi connectivity index (χ1n) is 6.21. The van der Waals surface area contributed by atoms with E-state index in [9.17, 15) is 4.79 Å². The molecule has 1 heterocycles. The predicted octanol–water partition coefficient (Wildman–Crippen LogP) is 0.650. The lowest BCUT2D eigenvalue weighted by Crippen LogP contribution is -2.33. The van der Waals surface area contributed by atoms with Gasteiger partial charge in [0.2, 0.25) is 0 Å². The number of aliphatic carboxylic acids is 1. The summed E-state index contributed by atoms with van der Waals surface area (Å²) in [6, 6.07) is 3.99. The largest absolute Gasteiger partial charge is 0.490 e. The molecule has 1 aromatic carbocycles. The molecule has 0 unspecified atom stereocenters. The summed E-state index contributed by atoms with van der Waals surface area (Å²) < 4.78 is 11.1. The van der Waals surface area contributed by atoms with E-state index in [4.69, 9.17) is 26.0 Å². The summed E-state index contributed by atoms with van der Waals surface area (Å²) in [6.07, 6.45) is 1.01. The summed E-state index contributed by atoms with van der Waals surface area (Å²) in [6.45, 7) is 1.22. The molecule has 0 amide bonds. The van der Waals surface area contributed by atoms with Crippen molar-refractivity contribution in [3.05, 3.63) is 23.8 Å². The third-order valence-corrected chi connectivity index (χ3v) is 3.02. The van der Waals surface area contributed by atoms with Gasteiger partial charge in [0.1, 0.15) is 6.04 Å². The fraction of sp³-hybridized carbons (Fsp3) is 0.462.